The van der Waals surface area contributed by atoms with Crippen LogP contribution >= 0.6 is 0 Å². The second-order valence-electron chi connectivity index (χ2n) is 4.07. The van der Waals surface area contributed by atoms with Crippen molar-refractivity contribution in [3.8, 4) is 5.75 Å². The van der Waals surface area contributed by atoms with E-state index in [2.05, 4.69) is 10.4 Å². The molecule has 1 heterocycles. The van der Waals surface area contributed by atoms with Crippen molar-refractivity contribution in [3.63, 3.8) is 0 Å². The van der Waals surface area contributed by atoms with E-state index in [-0.39, 0.29) is 11.5 Å². The van der Waals surface area contributed by atoms with Crippen molar-refractivity contribution in [2.24, 2.45) is 0 Å². The molecule has 0 saturated carbocycles. The molecule has 0 spiro atoms. The Bertz CT molecular complexity index is 652. The van der Waals surface area contributed by atoms with Crippen LogP contribution in [0.5, 0.6) is 5.75 Å². The monoisotopic (exact) mass is 273 g/mol. The fourth-order valence-electron chi connectivity index (χ4n) is 1.70. The SMILES string of the molecule is COc1cccc(C(=O)NCCn2ncccc2=O)c1. The summed E-state index contributed by atoms with van der Waals surface area (Å²) in [6, 6.07) is 9.87. The Morgan fingerprint density at radius 2 is 2.20 bits per heavy atom. The van der Waals surface area contributed by atoms with Gasteiger partial charge in [0.15, 0.2) is 0 Å². The molecule has 0 atom stereocenters. The highest BCUT2D eigenvalue weighted by atomic mass is 16.5. The van der Waals surface area contributed by atoms with Gasteiger partial charge >= 0.3 is 0 Å². The van der Waals surface area contributed by atoms with Gasteiger partial charge in [0.25, 0.3) is 11.5 Å². The summed E-state index contributed by atoms with van der Waals surface area (Å²) in [5, 5.41) is 6.64. The van der Waals surface area contributed by atoms with Gasteiger partial charge in [0.1, 0.15) is 5.75 Å². The topological polar surface area (TPSA) is 73.2 Å². The van der Waals surface area contributed by atoms with Crippen LogP contribution in [0.2, 0.25) is 0 Å². The maximum absolute atomic E-state index is 11.9. The maximum Gasteiger partial charge on any atom is 0.266 e. The van der Waals surface area contributed by atoms with E-state index in [1.54, 1.807) is 37.4 Å². The van der Waals surface area contributed by atoms with Crippen LogP contribution in [0.1, 0.15) is 10.4 Å². The molecule has 1 aromatic carbocycles. The minimum atomic E-state index is -0.215. The lowest BCUT2D eigenvalue weighted by atomic mass is 10.2. The van der Waals surface area contributed by atoms with Crippen LogP contribution in [-0.2, 0) is 6.54 Å². The first kappa shape index (κ1) is 13.8. The summed E-state index contributed by atoms with van der Waals surface area (Å²) in [5.41, 5.74) is 0.320. The van der Waals surface area contributed by atoms with Crippen molar-refractivity contribution < 1.29 is 9.53 Å². The molecule has 0 bridgehead atoms. The molecular weight excluding hydrogens is 258 g/mol. The molecule has 0 radical (unpaired) electrons. The molecule has 0 aliphatic rings. The predicted octanol–water partition coefficient (Wildman–Crippen LogP) is 0.682. The van der Waals surface area contributed by atoms with Gasteiger partial charge in [-0.2, -0.15) is 5.10 Å². The number of ether oxygens (including phenoxy) is 1. The molecule has 0 unspecified atom stereocenters. The zero-order valence-electron chi connectivity index (χ0n) is 11.1. The molecule has 1 N–H and O–H groups in total. The average molecular weight is 273 g/mol. The van der Waals surface area contributed by atoms with Crippen molar-refractivity contribution in [1.82, 2.24) is 15.1 Å². The Morgan fingerprint density at radius 3 is 2.95 bits per heavy atom. The number of aromatic nitrogens is 2. The lowest BCUT2D eigenvalue weighted by Gasteiger charge is -2.07. The molecule has 0 saturated heterocycles. The van der Waals surface area contributed by atoms with Crippen LogP contribution in [0.3, 0.4) is 0 Å². The van der Waals surface area contributed by atoms with E-state index >= 15 is 0 Å². The third kappa shape index (κ3) is 3.44. The largest absolute Gasteiger partial charge is 0.497 e. The van der Waals surface area contributed by atoms with Crippen LogP contribution in [0, 0.1) is 0 Å². The summed E-state index contributed by atoms with van der Waals surface area (Å²) in [6.07, 6.45) is 1.53. The van der Waals surface area contributed by atoms with Crippen molar-refractivity contribution in [3.05, 3.63) is 58.5 Å². The van der Waals surface area contributed by atoms with E-state index < -0.39 is 0 Å². The summed E-state index contributed by atoms with van der Waals surface area (Å²) in [6.45, 7) is 0.655. The molecule has 2 aromatic rings. The Labute approximate surface area is 116 Å². The molecule has 1 amide bonds. The summed E-state index contributed by atoms with van der Waals surface area (Å²) >= 11 is 0. The molecule has 0 aliphatic heterocycles. The summed E-state index contributed by atoms with van der Waals surface area (Å²) < 4.78 is 6.36. The second kappa shape index (κ2) is 6.51. The molecule has 6 nitrogen and oxygen atoms in total. The van der Waals surface area contributed by atoms with Crippen molar-refractivity contribution in [2.45, 2.75) is 6.54 Å². The van der Waals surface area contributed by atoms with E-state index in [1.807, 2.05) is 0 Å². The quantitative estimate of drug-likeness (QED) is 0.869. The fourth-order valence-corrected chi connectivity index (χ4v) is 1.70. The van der Waals surface area contributed by atoms with E-state index in [9.17, 15) is 9.59 Å². The van der Waals surface area contributed by atoms with Gasteiger partial charge in [0.05, 0.1) is 13.7 Å². The number of hydrogen-bond donors (Lipinski definition) is 1. The Hall–Kier alpha value is -2.63. The Kier molecular flexibility index (Phi) is 4.49. The molecular formula is C14H15N3O3. The van der Waals surface area contributed by atoms with Crippen LogP contribution in [0.25, 0.3) is 0 Å². The number of nitrogens with zero attached hydrogens (tertiary/aromatic N) is 2. The molecule has 2 rings (SSSR count). The lowest BCUT2D eigenvalue weighted by molar-refractivity contribution is 0.0951. The van der Waals surface area contributed by atoms with Crippen molar-refractivity contribution in [1.29, 1.82) is 0 Å². The maximum atomic E-state index is 11.9. The third-order valence-corrected chi connectivity index (χ3v) is 2.73. The first-order chi connectivity index (χ1) is 9.70. The van der Waals surface area contributed by atoms with Gasteiger partial charge in [-0.25, -0.2) is 4.68 Å². The Balaban J connectivity index is 1.92. The van der Waals surface area contributed by atoms with E-state index in [0.29, 0.717) is 24.4 Å². The van der Waals surface area contributed by atoms with Crippen LogP contribution in [0.15, 0.2) is 47.4 Å². The highest BCUT2D eigenvalue weighted by Gasteiger charge is 2.06. The smallest absolute Gasteiger partial charge is 0.266 e. The number of hydrogen-bond acceptors (Lipinski definition) is 4. The summed E-state index contributed by atoms with van der Waals surface area (Å²) in [5.74, 6) is 0.409. The van der Waals surface area contributed by atoms with Crippen LogP contribution < -0.4 is 15.6 Å². The lowest BCUT2D eigenvalue weighted by Crippen LogP contribution is -2.31. The standard InChI is InChI=1S/C14H15N3O3/c1-20-12-5-2-4-11(10-12)14(19)15-8-9-17-13(18)6-3-7-16-17/h2-7,10H,8-9H2,1H3,(H,15,19). The second-order valence-corrected chi connectivity index (χ2v) is 4.07. The van der Waals surface area contributed by atoms with Gasteiger partial charge in [-0.3, -0.25) is 9.59 Å². The number of rotatable bonds is 5. The normalized spacial score (nSPS) is 10.1. The number of methoxy groups -OCH3 is 1. The van der Waals surface area contributed by atoms with Crippen molar-refractivity contribution >= 4 is 5.91 Å². The average Bonchev–Trinajstić information content (AvgIpc) is 2.49. The molecule has 104 valence electrons. The summed E-state index contributed by atoms with van der Waals surface area (Å²) in [7, 11) is 1.55. The van der Waals surface area contributed by atoms with Crippen LogP contribution in [0.4, 0.5) is 0 Å². The van der Waals surface area contributed by atoms with E-state index in [1.165, 1.54) is 16.9 Å². The number of benzene rings is 1. The van der Waals surface area contributed by atoms with Crippen molar-refractivity contribution in [2.75, 3.05) is 13.7 Å². The van der Waals surface area contributed by atoms with E-state index in [4.69, 9.17) is 4.74 Å². The van der Waals surface area contributed by atoms with Gasteiger partial charge in [-0.15, -0.1) is 0 Å². The predicted molar refractivity (Wildman–Crippen MR) is 73.8 cm³/mol. The minimum absolute atomic E-state index is 0.192. The molecule has 0 fully saturated rings. The zero-order chi connectivity index (χ0) is 14.4. The fraction of sp³-hybridized carbons (Fsp3) is 0.214. The molecule has 6 heteroatoms. The first-order valence-corrected chi connectivity index (χ1v) is 6.15. The number of nitrogens with one attached hydrogen (secondary N) is 1. The van der Waals surface area contributed by atoms with Gasteiger partial charge in [0.2, 0.25) is 0 Å². The highest BCUT2D eigenvalue weighted by Crippen LogP contribution is 2.12. The third-order valence-electron chi connectivity index (χ3n) is 2.73. The first-order valence-electron chi connectivity index (χ1n) is 6.15. The van der Waals surface area contributed by atoms with Gasteiger partial charge in [-0.1, -0.05) is 6.07 Å². The number of amides is 1. The van der Waals surface area contributed by atoms with E-state index in [0.717, 1.165) is 0 Å². The molecule has 20 heavy (non-hydrogen) atoms. The number of carbonyl (C=O) groups excluding carboxylic acids is 1. The molecule has 1 aromatic heterocycles. The molecule has 0 aliphatic carbocycles. The van der Waals surface area contributed by atoms with Gasteiger partial charge in [0, 0.05) is 24.4 Å². The van der Waals surface area contributed by atoms with Gasteiger partial charge < -0.3 is 10.1 Å². The highest BCUT2D eigenvalue weighted by molar-refractivity contribution is 5.94. The van der Waals surface area contributed by atoms with Crippen LogP contribution in [-0.4, -0.2) is 29.3 Å². The zero-order valence-corrected chi connectivity index (χ0v) is 11.1. The number of carbonyl (C=O) groups is 1. The summed E-state index contributed by atoms with van der Waals surface area (Å²) in [4.78, 5) is 23.3. The van der Waals surface area contributed by atoms with Gasteiger partial charge in [-0.05, 0) is 24.3 Å². The Morgan fingerprint density at radius 1 is 1.35 bits per heavy atom. The minimum Gasteiger partial charge on any atom is -0.497 e.